The molecule has 0 aliphatic rings. The summed E-state index contributed by atoms with van der Waals surface area (Å²) in [7, 11) is 3.40. The highest BCUT2D eigenvalue weighted by Crippen LogP contribution is 2.17. The van der Waals surface area contributed by atoms with E-state index in [1.54, 1.807) is 20.2 Å². The monoisotopic (exact) mass is 271 g/mol. The van der Waals surface area contributed by atoms with E-state index in [1.807, 2.05) is 0 Å². The van der Waals surface area contributed by atoms with Crippen LogP contribution < -0.4 is 10.6 Å². The maximum atomic E-state index is 11.9. The first kappa shape index (κ1) is 14.7. The zero-order valence-corrected chi connectivity index (χ0v) is 11.4. The van der Waals surface area contributed by atoms with Gasteiger partial charge in [-0.1, -0.05) is 11.6 Å². The van der Waals surface area contributed by atoms with Crippen molar-refractivity contribution in [1.29, 1.82) is 0 Å². The van der Waals surface area contributed by atoms with Crippen LogP contribution >= 0.6 is 11.6 Å². The molecule has 0 spiro atoms. The molecule has 1 amide bonds. The second kappa shape index (κ2) is 7.89. The van der Waals surface area contributed by atoms with Crippen molar-refractivity contribution < 1.29 is 9.53 Å². The maximum absolute atomic E-state index is 11.9. The molecule has 6 heteroatoms. The Labute approximate surface area is 112 Å². The van der Waals surface area contributed by atoms with Crippen LogP contribution in [0.1, 0.15) is 23.2 Å². The Morgan fingerprint density at radius 2 is 2.28 bits per heavy atom. The van der Waals surface area contributed by atoms with E-state index in [4.69, 9.17) is 16.3 Å². The van der Waals surface area contributed by atoms with Gasteiger partial charge in [-0.25, -0.2) is 4.98 Å². The minimum Gasteiger partial charge on any atom is -0.385 e. The highest BCUT2D eigenvalue weighted by atomic mass is 35.5. The van der Waals surface area contributed by atoms with Crippen LogP contribution in [0.5, 0.6) is 0 Å². The first-order valence-corrected chi connectivity index (χ1v) is 6.17. The van der Waals surface area contributed by atoms with Crippen LogP contribution in [0.15, 0.2) is 12.3 Å². The molecule has 5 nitrogen and oxygen atoms in total. The molecule has 1 heterocycles. The number of methoxy groups -OCH3 is 1. The lowest BCUT2D eigenvalue weighted by Gasteiger charge is -2.08. The summed E-state index contributed by atoms with van der Waals surface area (Å²) in [6, 6.07) is 1.63. The SMILES string of the molecule is CNc1cc(C(=O)NCCCCOC)c(Cl)cn1. The van der Waals surface area contributed by atoms with Crippen molar-refractivity contribution in [2.75, 3.05) is 32.6 Å². The van der Waals surface area contributed by atoms with Crippen molar-refractivity contribution in [1.82, 2.24) is 10.3 Å². The molecule has 1 aromatic rings. The number of rotatable bonds is 7. The lowest BCUT2D eigenvalue weighted by molar-refractivity contribution is 0.0951. The van der Waals surface area contributed by atoms with Gasteiger partial charge in [0.1, 0.15) is 5.82 Å². The maximum Gasteiger partial charge on any atom is 0.252 e. The predicted molar refractivity (Wildman–Crippen MR) is 72.2 cm³/mol. The average Bonchev–Trinajstić information content (AvgIpc) is 2.39. The molecule has 0 fully saturated rings. The quantitative estimate of drug-likeness (QED) is 0.744. The topological polar surface area (TPSA) is 63.2 Å². The van der Waals surface area contributed by atoms with Gasteiger partial charge in [-0.2, -0.15) is 0 Å². The summed E-state index contributed by atoms with van der Waals surface area (Å²) < 4.78 is 4.93. The van der Waals surface area contributed by atoms with E-state index in [2.05, 4.69) is 15.6 Å². The van der Waals surface area contributed by atoms with E-state index >= 15 is 0 Å². The number of carbonyl (C=O) groups is 1. The van der Waals surface area contributed by atoms with Crippen LogP contribution in [0.4, 0.5) is 5.82 Å². The van der Waals surface area contributed by atoms with Crippen LogP contribution in [0.2, 0.25) is 5.02 Å². The molecule has 0 saturated carbocycles. The minimum absolute atomic E-state index is 0.184. The van der Waals surface area contributed by atoms with Gasteiger partial charge in [-0.3, -0.25) is 4.79 Å². The Hall–Kier alpha value is -1.33. The molecular formula is C12H18ClN3O2. The predicted octanol–water partition coefficient (Wildman–Crippen LogP) is 1.93. The molecule has 0 aliphatic carbocycles. The number of hydrogen-bond acceptors (Lipinski definition) is 4. The standard InChI is InChI=1S/C12H18ClN3O2/c1-14-11-7-9(10(13)8-16-11)12(17)15-5-3-4-6-18-2/h7-8H,3-6H2,1-2H3,(H,14,16)(H,15,17). The Morgan fingerprint density at radius 1 is 1.50 bits per heavy atom. The second-order valence-corrected chi connectivity index (χ2v) is 4.16. The van der Waals surface area contributed by atoms with Crippen molar-refractivity contribution in [2.45, 2.75) is 12.8 Å². The summed E-state index contributed by atoms with van der Waals surface area (Å²) in [6.07, 6.45) is 3.26. The number of nitrogens with zero attached hydrogens (tertiary/aromatic N) is 1. The van der Waals surface area contributed by atoms with Crippen molar-refractivity contribution in [2.24, 2.45) is 0 Å². The molecule has 0 aliphatic heterocycles. The van der Waals surface area contributed by atoms with Gasteiger partial charge >= 0.3 is 0 Å². The van der Waals surface area contributed by atoms with E-state index in [0.717, 1.165) is 12.8 Å². The molecule has 0 radical (unpaired) electrons. The summed E-state index contributed by atoms with van der Waals surface area (Å²) in [5, 5.41) is 6.03. The highest BCUT2D eigenvalue weighted by molar-refractivity contribution is 6.33. The zero-order chi connectivity index (χ0) is 13.4. The van der Waals surface area contributed by atoms with Crippen LogP contribution in [0.3, 0.4) is 0 Å². The molecule has 0 aromatic carbocycles. The first-order valence-electron chi connectivity index (χ1n) is 5.79. The van der Waals surface area contributed by atoms with Gasteiger partial charge in [0, 0.05) is 33.5 Å². The Kier molecular flexibility index (Phi) is 6.46. The molecule has 0 unspecified atom stereocenters. The van der Waals surface area contributed by atoms with Crippen LogP contribution in [0, 0.1) is 0 Å². The Bertz CT molecular complexity index is 399. The van der Waals surface area contributed by atoms with Crippen LogP contribution in [-0.2, 0) is 4.74 Å². The normalized spacial score (nSPS) is 10.2. The van der Waals surface area contributed by atoms with Gasteiger partial charge < -0.3 is 15.4 Å². The van der Waals surface area contributed by atoms with Crippen molar-refractivity contribution in [3.63, 3.8) is 0 Å². The van der Waals surface area contributed by atoms with Crippen LogP contribution in [-0.4, -0.2) is 38.2 Å². The fourth-order valence-corrected chi connectivity index (χ4v) is 1.61. The van der Waals surface area contributed by atoms with Crippen molar-refractivity contribution in [3.8, 4) is 0 Å². The van der Waals surface area contributed by atoms with Gasteiger partial charge in [-0.15, -0.1) is 0 Å². The number of anilines is 1. The molecule has 100 valence electrons. The number of pyridine rings is 1. The third kappa shape index (κ3) is 4.50. The number of nitrogens with one attached hydrogen (secondary N) is 2. The molecule has 0 atom stereocenters. The summed E-state index contributed by atoms with van der Waals surface area (Å²) in [6.45, 7) is 1.31. The number of aromatic nitrogens is 1. The highest BCUT2D eigenvalue weighted by Gasteiger charge is 2.11. The number of unbranched alkanes of at least 4 members (excludes halogenated alkanes) is 1. The van der Waals surface area contributed by atoms with E-state index in [1.165, 1.54) is 6.20 Å². The number of carbonyl (C=O) groups excluding carboxylic acids is 1. The molecule has 18 heavy (non-hydrogen) atoms. The summed E-state index contributed by atoms with van der Waals surface area (Å²) in [5.41, 5.74) is 0.433. The summed E-state index contributed by atoms with van der Waals surface area (Å²) >= 11 is 5.94. The second-order valence-electron chi connectivity index (χ2n) is 3.76. The lowest BCUT2D eigenvalue weighted by Crippen LogP contribution is -2.25. The first-order chi connectivity index (χ1) is 8.69. The summed E-state index contributed by atoms with van der Waals surface area (Å²) in [5.74, 6) is 0.431. The van der Waals surface area contributed by atoms with E-state index < -0.39 is 0 Å². The number of halogens is 1. The largest absolute Gasteiger partial charge is 0.385 e. The number of ether oxygens (including phenoxy) is 1. The van der Waals surface area contributed by atoms with Gasteiger partial charge in [0.05, 0.1) is 10.6 Å². The summed E-state index contributed by atoms with van der Waals surface area (Å²) in [4.78, 5) is 15.9. The fraction of sp³-hybridized carbons (Fsp3) is 0.500. The van der Waals surface area contributed by atoms with Gasteiger partial charge in [0.2, 0.25) is 0 Å². The molecule has 2 N–H and O–H groups in total. The number of amides is 1. The zero-order valence-electron chi connectivity index (χ0n) is 10.6. The van der Waals surface area contributed by atoms with E-state index in [9.17, 15) is 4.79 Å². The third-order valence-electron chi connectivity index (χ3n) is 2.42. The van der Waals surface area contributed by atoms with Gasteiger partial charge in [0.15, 0.2) is 0 Å². The smallest absolute Gasteiger partial charge is 0.252 e. The minimum atomic E-state index is -0.184. The third-order valence-corrected chi connectivity index (χ3v) is 2.72. The molecule has 0 bridgehead atoms. The van der Waals surface area contributed by atoms with Gasteiger partial charge in [-0.05, 0) is 18.9 Å². The fourth-order valence-electron chi connectivity index (χ4n) is 1.42. The average molecular weight is 272 g/mol. The molecule has 1 aromatic heterocycles. The van der Waals surface area contributed by atoms with E-state index in [-0.39, 0.29) is 5.91 Å². The molecule has 0 saturated heterocycles. The van der Waals surface area contributed by atoms with E-state index in [0.29, 0.717) is 29.6 Å². The Balaban J connectivity index is 2.50. The lowest BCUT2D eigenvalue weighted by atomic mass is 10.2. The molecule has 1 rings (SSSR count). The van der Waals surface area contributed by atoms with Crippen LogP contribution in [0.25, 0.3) is 0 Å². The number of hydrogen-bond donors (Lipinski definition) is 2. The van der Waals surface area contributed by atoms with Crippen molar-refractivity contribution in [3.05, 3.63) is 22.8 Å². The molecular weight excluding hydrogens is 254 g/mol. The Morgan fingerprint density at radius 3 is 2.94 bits per heavy atom. The van der Waals surface area contributed by atoms with Crippen molar-refractivity contribution >= 4 is 23.3 Å². The van der Waals surface area contributed by atoms with Gasteiger partial charge in [0.25, 0.3) is 5.91 Å².